The van der Waals surface area contributed by atoms with Gasteiger partial charge in [-0.25, -0.2) is 13.1 Å². The number of benzene rings is 1. The van der Waals surface area contributed by atoms with E-state index >= 15 is 0 Å². The largest absolute Gasteiger partial charge is 0.481 e. The first-order chi connectivity index (χ1) is 16.0. The molecule has 188 valence electrons. The molecule has 2 N–H and O–H groups in total. The number of hydrogen-bond donors (Lipinski definition) is 2. The van der Waals surface area contributed by atoms with Crippen LogP contribution in [0, 0.1) is 10.8 Å². The molecule has 1 aromatic carbocycles. The third kappa shape index (κ3) is 6.66. The van der Waals surface area contributed by atoms with Gasteiger partial charge < -0.3 is 9.63 Å². The van der Waals surface area contributed by atoms with Gasteiger partial charge in [0.2, 0.25) is 15.9 Å². The van der Waals surface area contributed by atoms with Crippen LogP contribution in [0.4, 0.5) is 0 Å². The Balaban J connectivity index is 1.64. The zero-order chi connectivity index (χ0) is 24.8. The summed E-state index contributed by atoms with van der Waals surface area (Å²) < 4.78 is 32.7. The van der Waals surface area contributed by atoms with Crippen LogP contribution in [0.1, 0.15) is 96.2 Å². The van der Waals surface area contributed by atoms with Gasteiger partial charge in [-0.1, -0.05) is 69.8 Å². The zero-order valence-corrected chi connectivity index (χ0v) is 21.2. The highest BCUT2D eigenvalue weighted by Gasteiger charge is 2.42. The number of carbonyl (C=O) groups is 1. The summed E-state index contributed by atoms with van der Waals surface area (Å²) in [6, 6.07) is 8.04. The number of hydrogen-bond acceptors (Lipinski definition) is 6. The molecule has 1 aliphatic carbocycles. The fourth-order valence-electron chi connectivity index (χ4n) is 5.16. The molecular weight excluding hydrogens is 454 g/mol. The Morgan fingerprint density at radius 1 is 1.18 bits per heavy atom. The molecule has 0 spiro atoms. The lowest BCUT2D eigenvalue weighted by Crippen LogP contribution is -2.37. The van der Waals surface area contributed by atoms with Gasteiger partial charge in [-0.2, -0.15) is 4.98 Å². The van der Waals surface area contributed by atoms with Crippen molar-refractivity contribution in [3.63, 3.8) is 0 Å². The molecule has 0 aliphatic heterocycles. The lowest BCUT2D eigenvalue weighted by Gasteiger charge is -2.48. The molecule has 0 unspecified atom stereocenters. The SMILES string of the molecule is CC(C)(C)C1(CCC[C@H](CC(=O)O)c2nc(CNS(=O)(=O)c3ccccc3)no2)CCCCC1. The second-order valence-corrected chi connectivity index (χ2v) is 12.2. The molecule has 1 aromatic heterocycles. The minimum Gasteiger partial charge on any atom is -0.481 e. The van der Waals surface area contributed by atoms with Crippen LogP contribution in [0.2, 0.25) is 0 Å². The molecule has 1 atom stereocenters. The first-order valence-electron chi connectivity index (χ1n) is 12.1. The molecule has 1 aliphatic rings. The van der Waals surface area contributed by atoms with E-state index in [0.717, 1.165) is 12.8 Å². The van der Waals surface area contributed by atoms with Gasteiger partial charge in [-0.05, 0) is 48.6 Å². The Morgan fingerprint density at radius 2 is 1.85 bits per heavy atom. The normalized spacial score (nSPS) is 17.4. The van der Waals surface area contributed by atoms with E-state index in [2.05, 4.69) is 35.6 Å². The summed E-state index contributed by atoms with van der Waals surface area (Å²) in [6.45, 7) is 6.81. The van der Waals surface area contributed by atoms with Gasteiger partial charge in [-0.3, -0.25) is 4.79 Å². The first kappa shape index (κ1) is 26.3. The predicted octanol–water partition coefficient (Wildman–Crippen LogP) is 5.27. The smallest absolute Gasteiger partial charge is 0.304 e. The summed E-state index contributed by atoms with van der Waals surface area (Å²) in [7, 11) is -3.70. The predicted molar refractivity (Wildman–Crippen MR) is 129 cm³/mol. The van der Waals surface area contributed by atoms with Crippen LogP contribution >= 0.6 is 0 Å². The molecule has 0 amide bonds. The number of aromatic nitrogens is 2. The van der Waals surface area contributed by atoms with Crippen molar-refractivity contribution in [2.45, 2.75) is 95.9 Å². The van der Waals surface area contributed by atoms with E-state index in [0.29, 0.717) is 6.42 Å². The van der Waals surface area contributed by atoms with Crippen molar-refractivity contribution in [3.8, 4) is 0 Å². The van der Waals surface area contributed by atoms with Crippen molar-refractivity contribution in [3.05, 3.63) is 42.0 Å². The molecule has 9 heteroatoms. The molecule has 3 rings (SSSR count). The Bertz CT molecular complexity index is 1040. The quantitative estimate of drug-likeness (QED) is 0.439. The van der Waals surface area contributed by atoms with Gasteiger partial charge in [0.25, 0.3) is 0 Å². The highest BCUT2D eigenvalue weighted by Crippen LogP contribution is 2.53. The Labute approximate surface area is 202 Å². The molecular formula is C25H37N3O5S. The maximum Gasteiger partial charge on any atom is 0.304 e. The number of carboxylic acids is 1. The highest BCUT2D eigenvalue weighted by atomic mass is 32.2. The Morgan fingerprint density at radius 3 is 2.47 bits per heavy atom. The van der Waals surface area contributed by atoms with E-state index < -0.39 is 21.9 Å². The second-order valence-electron chi connectivity index (χ2n) is 10.5. The van der Waals surface area contributed by atoms with Crippen molar-refractivity contribution in [2.24, 2.45) is 10.8 Å². The number of sulfonamides is 1. The highest BCUT2D eigenvalue weighted by molar-refractivity contribution is 7.89. The molecule has 1 fully saturated rings. The number of rotatable bonds is 11. The van der Waals surface area contributed by atoms with Gasteiger partial charge in [0, 0.05) is 5.92 Å². The first-order valence-corrected chi connectivity index (χ1v) is 13.6. The molecule has 1 heterocycles. The Hall–Kier alpha value is -2.26. The van der Waals surface area contributed by atoms with Crippen molar-refractivity contribution in [2.75, 3.05) is 0 Å². The van der Waals surface area contributed by atoms with E-state index in [1.165, 1.54) is 44.2 Å². The average Bonchev–Trinajstić information content (AvgIpc) is 3.26. The lowest BCUT2D eigenvalue weighted by atomic mass is 9.57. The summed E-state index contributed by atoms with van der Waals surface area (Å²) in [4.78, 5) is 16.0. The summed E-state index contributed by atoms with van der Waals surface area (Å²) in [6.07, 6.45) is 8.69. The maximum atomic E-state index is 12.4. The van der Waals surface area contributed by atoms with Crippen LogP contribution in [-0.2, 0) is 21.4 Å². The van der Waals surface area contributed by atoms with E-state index in [1.807, 2.05) is 0 Å². The fourth-order valence-corrected chi connectivity index (χ4v) is 6.16. The Kier molecular flexibility index (Phi) is 8.52. The van der Waals surface area contributed by atoms with E-state index in [4.69, 9.17) is 4.52 Å². The fraction of sp³-hybridized carbons (Fsp3) is 0.640. The molecule has 34 heavy (non-hydrogen) atoms. The molecule has 8 nitrogen and oxygen atoms in total. The van der Waals surface area contributed by atoms with E-state index in [-0.39, 0.29) is 40.4 Å². The summed E-state index contributed by atoms with van der Waals surface area (Å²) >= 11 is 0. The minimum absolute atomic E-state index is 0.0973. The molecule has 0 saturated heterocycles. The van der Waals surface area contributed by atoms with Gasteiger partial charge in [0.15, 0.2) is 5.82 Å². The number of aliphatic carboxylic acids is 1. The van der Waals surface area contributed by atoms with Crippen LogP contribution in [0.5, 0.6) is 0 Å². The van der Waals surface area contributed by atoms with Crippen molar-refractivity contribution >= 4 is 16.0 Å². The minimum atomic E-state index is -3.70. The van der Waals surface area contributed by atoms with Crippen molar-refractivity contribution in [1.29, 1.82) is 0 Å². The number of nitrogens with zero attached hydrogens (tertiary/aromatic N) is 2. The summed E-state index contributed by atoms with van der Waals surface area (Å²) in [5, 5.41) is 13.3. The second kappa shape index (κ2) is 11.0. The number of carboxylic acid groups (broad SMARTS) is 1. The van der Waals surface area contributed by atoms with Gasteiger partial charge in [0.05, 0.1) is 17.9 Å². The summed E-state index contributed by atoms with van der Waals surface area (Å²) in [5.41, 5.74) is 0.470. The maximum absolute atomic E-state index is 12.4. The van der Waals surface area contributed by atoms with Gasteiger partial charge >= 0.3 is 5.97 Å². The van der Waals surface area contributed by atoms with Crippen molar-refractivity contribution in [1.82, 2.24) is 14.9 Å². The molecule has 0 bridgehead atoms. The molecule has 0 radical (unpaired) electrons. The van der Waals surface area contributed by atoms with Crippen LogP contribution < -0.4 is 4.72 Å². The topological polar surface area (TPSA) is 122 Å². The van der Waals surface area contributed by atoms with Crippen LogP contribution in [0.25, 0.3) is 0 Å². The number of nitrogens with one attached hydrogen (secondary N) is 1. The average molecular weight is 492 g/mol. The van der Waals surface area contributed by atoms with Crippen molar-refractivity contribution < 1.29 is 22.8 Å². The molecule has 1 saturated carbocycles. The lowest BCUT2D eigenvalue weighted by molar-refractivity contribution is -0.137. The van der Waals surface area contributed by atoms with Crippen LogP contribution in [0.15, 0.2) is 39.8 Å². The van der Waals surface area contributed by atoms with Crippen LogP contribution in [0.3, 0.4) is 0 Å². The molecule has 2 aromatic rings. The van der Waals surface area contributed by atoms with E-state index in [9.17, 15) is 18.3 Å². The third-order valence-electron chi connectivity index (χ3n) is 7.34. The third-order valence-corrected chi connectivity index (χ3v) is 8.75. The summed E-state index contributed by atoms with van der Waals surface area (Å²) in [5.74, 6) is -0.879. The van der Waals surface area contributed by atoms with Crippen LogP contribution in [-0.4, -0.2) is 29.6 Å². The van der Waals surface area contributed by atoms with Gasteiger partial charge in [0.1, 0.15) is 0 Å². The van der Waals surface area contributed by atoms with E-state index in [1.54, 1.807) is 18.2 Å². The monoisotopic (exact) mass is 491 g/mol. The zero-order valence-electron chi connectivity index (χ0n) is 20.4. The standard InChI is InChI=1S/C25H37N3O5S/c1-24(2,3)25(14-8-5-9-15-25)16-10-11-19(17-22(29)30)23-27-21(28-33-23)18-26-34(31,32)20-12-6-4-7-13-20/h4,6-7,12-13,19,26H,5,8-11,14-18H2,1-3H3,(H,29,30)/t19-/m1/s1. The van der Waals surface area contributed by atoms with Gasteiger partial charge in [-0.15, -0.1) is 0 Å².